The van der Waals surface area contributed by atoms with Crippen LogP contribution in [0.25, 0.3) is 0 Å². The van der Waals surface area contributed by atoms with Gasteiger partial charge in [-0.2, -0.15) is 17.0 Å². The van der Waals surface area contributed by atoms with Gasteiger partial charge in [-0.15, -0.1) is 0 Å². The molecule has 0 bridgehead atoms. The highest BCUT2D eigenvalue weighted by Crippen LogP contribution is 2.08. The van der Waals surface area contributed by atoms with E-state index in [0.717, 1.165) is 17.9 Å². The van der Waals surface area contributed by atoms with Crippen LogP contribution in [-0.2, 0) is 9.47 Å². The summed E-state index contributed by atoms with van der Waals surface area (Å²) in [6, 6.07) is 2.11. The molecular weight excluding hydrogens is 174 g/mol. The van der Waals surface area contributed by atoms with E-state index in [1.54, 1.807) is 26.0 Å². The predicted molar refractivity (Wildman–Crippen MR) is 50.0 cm³/mol. The normalized spacial score (nSPS) is 10.2. The summed E-state index contributed by atoms with van der Waals surface area (Å²) in [6.07, 6.45) is 1.47. The molecular formula is C8H15NO2S. The summed E-state index contributed by atoms with van der Waals surface area (Å²) in [7, 11) is 3.26. The maximum Gasteiger partial charge on any atom is 0.165 e. The van der Waals surface area contributed by atoms with Crippen molar-refractivity contribution in [2.75, 3.05) is 25.7 Å². The average Bonchev–Trinajstić information content (AvgIpc) is 2.11. The van der Waals surface area contributed by atoms with E-state index in [4.69, 9.17) is 14.7 Å². The maximum atomic E-state index is 8.26. The van der Waals surface area contributed by atoms with Gasteiger partial charge in [0.1, 0.15) is 0 Å². The van der Waals surface area contributed by atoms with E-state index in [-0.39, 0.29) is 6.29 Å². The van der Waals surface area contributed by atoms with Gasteiger partial charge >= 0.3 is 0 Å². The Morgan fingerprint density at radius 3 is 2.58 bits per heavy atom. The molecule has 0 saturated carbocycles. The van der Waals surface area contributed by atoms with Gasteiger partial charge in [-0.05, 0) is 12.2 Å². The van der Waals surface area contributed by atoms with Crippen LogP contribution in [-0.4, -0.2) is 32.0 Å². The van der Waals surface area contributed by atoms with Crippen LogP contribution in [0.2, 0.25) is 0 Å². The van der Waals surface area contributed by atoms with Gasteiger partial charge in [0.2, 0.25) is 0 Å². The molecule has 0 spiro atoms. The number of hydrogen-bond donors (Lipinski definition) is 0. The molecule has 0 aliphatic heterocycles. The molecule has 3 nitrogen and oxygen atoms in total. The van der Waals surface area contributed by atoms with E-state index in [1.807, 2.05) is 0 Å². The van der Waals surface area contributed by atoms with Gasteiger partial charge in [0, 0.05) is 26.4 Å². The monoisotopic (exact) mass is 189 g/mol. The van der Waals surface area contributed by atoms with Crippen molar-refractivity contribution < 1.29 is 9.47 Å². The molecule has 0 rings (SSSR count). The molecule has 0 aromatic rings. The van der Waals surface area contributed by atoms with E-state index < -0.39 is 0 Å². The average molecular weight is 189 g/mol. The molecule has 70 valence electrons. The number of methoxy groups -OCH3 is 2. The smallest absolute Gasteiger partial charge is 0.165 e. The molecule has 0 radical (unpaired) electrons. The third kappa shape index (κ3) is 6.47. The Morgan fingerprint density at radius 1 is 1.42 bits per heavy atom. The molecule has 0 aromatic carbocycles. The Balaban J connectivity index is 3.13. The minimum absolute atomic E-state index is 0.114. The largest absolute Gasteiger partial charge is 0.355 e. The van der Waals surface area contributed by atoms with Gasteiger partial charge < -0.3 is 9.47 Å². The first-order valence-corrected chi connectivity index (χ1v) is 5.01. The molecule has 0 aliphatic rings. The molecule has 0 aromatic heterocycles. The van der Waals surface area contributed by atoms with Gasteiger partial charge in [0.15, 0.2) is 6.29 Å². The Labute approximate surface area is 78.0 Å². The summed E-state index contributed by atoms with van der Waals surface area (Å²) in [5.74, 6) is 1.83. The third-order valence-electron chi connectivity index (χ3n) is 1.36. The summed E-state index contributed by atoms with van der Waals surface area (Å²) in [6.45, 7) is 0. The van der Waals surface area contributed by atoms with E-state index in [0.29, 0.717) is 6.42 Å². The van der Waals surface area contributed by atoms with Crippen molar-refractivity contribution in [3.63, 3.8) is 0 Å². The molecule has 0 N–H and O–H groups in total. The van der Waals surface area contributed by atoms with Crippen molar-refractivity contribution in [1.29, 1.82) is 5.26 Å². The number of nitrogens with zero attached hydrogens (tertiary/aromatic N) is 1. The first-order valence-electron chi connectivity index (χ1n) is 3.85. The number of rotatable bonds is 7. The van der Waals surface area contributed by atoms with Crippen molar-refractivity contribution in [3.05, 3.63) is 0 Å². The van der Waals surface area contributed by atoms with Gasteiger partial charge in [-0.1, -0.05) is 0 Å². The minimum Gasteiger partial charge on any atom is -0.355 e. The Bertz CT molecular complexity index is 132. The lowest BCUT2D eigenvalue weighted by molar-refractivity contribution is -0.0842. The second-order valence-electron chi connectivity index (χ2n) is 2.24. The minimum atomic E-state index is -0.114. The Kier molecular flexibility index (Phi) is 8.68. The van der Waals surface area contributed by atoms with E-state index >= 15 is 0 Å². The second-order valence-corrected chi connectivity index (χ2v) is 3.39. The van der Waals surface area contributed by atoms with Gasteiger partial charge in [-0.3, -0.25) is 0 Å². The maximum absolute atomic E-state index is 8.26. The van der Waals surface area contributed by atoms with Crippen LogP contribution in [0.4, 0.5) is 0 Å². The van der Waals surface area contributed by atoms with Crippen LogP contribution < -0.4 is 0 Å². The van der Waals surface area contributed by atoms with Crippen molar-refractivity contribution in [2.24, 2.45) is 0 Å². The molecule has 0 unspecified atom stereocenters. The lowest BCUT2D eigenvalue weighted by Crippen LogP contribution is -2.15. The van der Waals surface area contributed by atoms with Crippen molar-refractivity contribution in [3.8, 4) is 6.07 Å². The van der Waals surface area contributed by atoms with Crippen LogP contribution in [0.1, 0.15) is 12.8 Å². The summed E-state index contributed by atoms with van der Waals surface area (Å²) in [4.78, 5) is 0. The van der Waals surface area contributed by atoms with E-state index in [9.17, 15) is 0 Å². The van der Waals surface area contributed by atoms with Crippen molar-refractivity contribution in [1.82, 2.24) is 0 Å². The predicted octanol–water partition coefficient (Wildman–Crippen LogP) is 1.64. The van der Waals surface area contributed by atoms with E-state index in [2.05, 4.69) is 6.07 Å². The molecule has 0 aliphatic carbocycles. The van der Waals surface area contributed by atoms with Crippen LogP contribution in [0.15, 0.2) is 0 Å². The highest BCUT2D eigenvalue weighted by molar-refractivity contribution is 7.99. The highest BCUT2D eigenvalue weighted by Gasteiger charge is 2.03. The fourth-order valence-electron chi connectivity index (χ4n) is 0.665. The van der Waals surface area contributed by atoms with Gasteiger partial charge in [0.25, 0.3) is 0 Å². The zero-order chi connectivity index (χ0) is 9.23. The molecule has 4 heteroatoms. The fourth-order valence-corrected chi connectivity index (χ4v) is 1.64. The number of thioether (sulfide) groups is 1. The van der Waals surface area contributed by atoms with Crippen LogP contribution in [0.5, 0.6) is 0 Å². The zero-order valence-corrected chi connectivity index (χ0v) is 8.39. The standard InChI is InChI=1S/C8H15NO2S/c1-10-8(11-2)7-12-6-4-3-5-9/h8H,3-4,6-7H2,1-2H3. The third-order valence-corrected chi connectivity index (χ3v) is 2.44. The Morgan fingerprint density at radius 2 is 2.08 bits per heavy atom. The number of hydrogen-bond acceptors (Lipinski definition) is 4. The molecule has 0 atom stereocenters. The van der Waals surface area contributed by atoms with Crippen molar-refractivity contribution in [2.45, 2.75) is 19.1 Å². The van der Waals surface area contributed by atoms with Crippen LogP contribution in [0, 0.1) is 11.3 Å². The van der Waals surface area contributed by atoms with Gasteiger partial charge in [0.05, 0.1) is 6.07 Å². The molecule has 0 fully saturated rings. The SMILES string of the molecule is COC(CSCCCC#N)OC. The summed E-state index contributed by atoms with van der Waals surface area (Å²) < 4.78 is 10.00. The van der Waals surface area contributed by atoms with Gasteiger partial charge in [-0.25, -0.2) is 0 Å². The van der Waals surface area contributed by atoms with Crippen LogP contribution in [0.3, 0.4) is 0 Å². The topological polar surface area (TPSA) is 42.2 Å². The quantitative estimate of drug-likeness (QED) is 0.451. The highest BCUT2D eigenvalue weighted by atomic mass is 32.2. The molecule has 0 amide bonds. The number of nitriles is 1. The zero-order valence-electron chi connectivity index (χ0n) is 7.58. The second kappa shape index (κ2) is 8.85. The summed E-state index contributed by atoms with van der Waals surface area (Å²) in [5.41, 5.74) is 0. The first-order chi connectivity index (χ1) is 5.85. The van der Waals surface area contributed by atoms with Crippen LogP contribution >= 0.6 is 11.8 Å². The number of unbranched alkanes of at least 4 members (excludes halogenated alkanes) is 1. The summed E-state index contributed by atoms with van der Waals surface area (Å²) in [5, 5.41) is 8.26. The lowest BCUT2D eigenvalue weighted by atomic mass is 10.4. The van der Waals surface area contributed by atoms with Crippen molar-refractivity contribution >= 4 is 11.8 Å². The molecule has 12 heavy (non-hydrogen) atoms. The lowest BCUT2D eigenvalue weighted by Gasteiger charge is -2.11. The summed E-state index contributed by atoms with van der Waals surface area (Å²) >= 11 is 1.75. The molecule has 0 heterocycles. The first kappa shape index (κ1) is 11.8. The fraction of sp³-hybridized carbons (Fsp3) is 0.875. The van der Waals surface area contributed by atoms with E-state index in [1.165, 1.54) is 0 Å². The number of ether oxygens (including phenoxy) is 2. The Hall–Kier alpha value is -0.240. The molecule has 0 saturated heterocycles.